The van der Waals surface area contributed by atoms with E-state index in [1.165, 1.54) is 0 Å². The van der Waals surface area contributed by atoms with Crippen LogP contribution in [-0.4, -0.2) is 17.1 Å². The van der Waals surface area contributed by atoms with E-state index >= 15 is 0 Å². The van der Waals surface area contributed by atoms with E-state index in [4.69, 9.17) is 19.7 Å². The quantitative estimate of drug-likeness (QED) is 0.737. The Bertz CT molecular complexity index is 676. The number of fused-ring (bicyclic) bond motifs is 2. The van der Waals surface area contributed by atoms with Crippen LogP contribution in [0.4, 0.5) is 0 Å². The fourth-order valence-corrected chi connectivity index (χ4v) is 2.13. The Balaban J connectivity index is 2.23. The summed E-state index contributed by atoms with van der Waals surface area (Å²) in [5.74, 6) is -1.03. The Hall–Kier alpha value is -2.27. The van der Waals surface area contributed by atoms with Gasteiger partial charge in [-0.05, 0) is 18.2 Å². The van der Waals surface area contributed by atoms with Gasteiger partial charge < -0.3 is 19.7 Å². The minimum absolute atomic E-state index is 0.205. The maximum atomic E-state index is 10.9. The van der Waals surface area contributed by atoms with Crippen LogP contribution in [0.25, 0.3) is 21.9 Å². The van der Waals surface area contributed by atoms with Gasteiger partial charge in [0, 0.05) is 22.8 Å². The topological polar surface area (TPSA) is 89.6 Å². The second-order valence-corrected chi connectivity index (χ2v) is 4.18. The average Bonchev–Trinajstić information content (AvgIpc) is 2.95. The molecule has 0 aliphatic carbocycles. The Morgan fingerprint density at radius 1 is 1.33 bits per heavy atom. The van der Waals surface area contributed by atoms with E-state index < -0.39 is 12.0 Å². The fourth-order valence-electron chi connectivity index (χ4n) is 2.13. The molecule has 0 radical (unpaired) electrons. The Morgan fingerprint density at radius 3 is 2.89 bits per heavy atom. The molecular weight excluding hydrogens is 234 g/mol. The van der Waals surface area contributed by atoms with E-state index in [9.17, 15) is 4.79 Å². The summed E-state index contributed by atoms with van der Waals surface area (Å²) in [6.07, 6.45) is 3.34. The molecule has 3 rings (SSSR count). The van der Waals surface area contributed by atoms with Crippen molar-refractivity contribution in [3.8, 4) is 0 Å². The monoisotopic (exact) mass is 245 g/mol. The van der Waals surface area contributed by atoms with E-state index in [0.717, 1.165) is 16.3 Å². The molecule has 5 nitrogen and oxygen atoms in total. The van der Waals surface area contributed by atoms with Gasteiger partial charge in [-0.15, -0.1) is 0 Å². The Morgan fingerprint density at radius 2 is 2.11 bits per heavy atom. The largest absolute Gasteiger partial charge is 0.480 e. The third-order valence-electron chi connectivity index (χ3n) is 3.02. The molecule has 2 heterocycles. The van der Waals surface area contributed by atoms with E-state index in [-0.39, 0.29) is 6.42 Å². The number of carbonyl (C=O) groups is 1. The predicted octanol–water partition coefficient (Wildman–Crippen LogP) is 2.13. The number of hydrogen-bond acceptors (Lipinski definition) is 4. The zero-order valence-corrected chi connectivity index (χ0v) is 9.42. The number of benzene rings is 1. The number of furan rings is 2. The van der Waals surface area contributed by atoms with Crippen molar-refractivity contribution in [2.75, 3.05) is 0 Å². The smallest absolute Gasteiger partial charge is 0.320 e. The highest BCUT2D eigenvalue weighted by Crippen LogP contribution is 2.30. The number of hydrogen-bond donors (Lipinski definition) is 2. The molecule has 3 N–H and O–H groups in total. The van der Waals surface area contributed by atoms with Crippen LogP contribution in [0.1, 0.15) is 5.56 Å². The van der Waals surface area contributed by atoms with Crippen molar-refractivity contribution in [2.45, 2.75) is 12.5 Å². The summed E-state index contributed by atoms with van der Waals surface area (Å²) in [6.45, 7) is 0. The van der Waals surface area contributed by atoms with Crippen LogP contribution in [0.5, 0.6) is 0 Å². The highest BCUT2D eigenvalue weighted by Gasteiger charge is 2.19. The lowest BCUT2D eigenvalue weighted by atomic mass is 10.0. The lowest BCUT2D eigenvalue weighted by Gasteiger charge is -2.08. The number of nitrogens with two attached hydrogens (primary N) is 1. The van der Waals surface area contributed by atoms with Crippen molar-refractivity contribution in [2.24, 2.45) is 5.73 Å². The molecule has 3 aromatic rings. The fraction of sp³-hybridized carbons (Fsp3) is 0.154. The zero-order chi connectivity index (χ0) is 12.7. The molecule has 0 saturated heterocycles. The van der Waals surface area contributed by atoms with Gasteiger partial charge in [-0.25, -0.2) is 0 Å². The van der Waals surface area contributed by atoms with E-state index in [1.54, 1.807) is 18.6 Å². The van der Waals surface area contributed by atoms with Gasteiger partial charge in [0.15, 0.2) is 0 Å². The van der Waals surface area contributed by atoms with Crippen LogP contribution in [0.15, 0.2) is 39.6 Å². The summed E-state index contributed by atoms with van der Waals surface area (Å²) in [5, 5.41) is 10.6. The van der Waals surface area contributed by atoms with Gasteiger partial charge in [0.1, 0.15) is 17.2 Å². The highest BCUT2D eigenvalue weighted by atomic mass is 16.4. The first-order valence-corrected chi connectivity index (χ1v) is 5.51. The molecule has 5 heteroatoms. The molecule has 0 bridgehead atoms. The van der Waals surface area contributed by atoms with Crippen LogP contribution in [0.3, 0.4) is 0 Å². The normalized spacial score (nSPS) is 13.2. The first kappa shape index (κ1) is 10.9. The molecule has 92 valence electrons. The second-order valence-electron chi connectivity index (χ2n) is 4.18. The van der Waals surface area contributed by atoms with Crippen molar-refractivity contribution in [3.63, 3.8) is 0 Å². The van der Waals surface area contributed by atoms with Crippen LogP contribution >= 0.6 is 0 Å². The molecular formula is C13H11NO4. The lowest BCUT2D eigenvalue weighted by Crippen LogP contribution is -2.32. The summed E-state index contributed by atoms with van der Waals surface area (Å²) >= 11 is 0. The number of carboxylic acids is 1. The minimum atomic E-state index is -1.03. The molecule has 0 aliphatic heterocycles. The van der Waals surface area contributed by atoms with Crippen molar-refractivity contribution in [1.29, 1.82) is 0 Å². The van der Waals surface area contributed by atoms with E-state index in [1.807, 2.05) is 12.1 Å². The van der Waals surface area contributed by atoms with Gasteiger partial charge in [-0.2, -0.15) is 0 Å². The summed E-state index contributed by atoms with van der Waals surface area (Å²) in [4.78, 5) is 10.9. The number of carboxylic acid groups (broad SMARTS) is 1. The van der Waals surface area contributed by atoms with Crippen molar-refractivity contribution in [3.05, 3.63) is 36.3 Å². The molecule has 0 aliphatic rings. The van der Waals surface area contributed by atoms with Crippen LogP contribution in [0, 0.1) is 0 Å². The molecule has 0 amide bonds. The van der Waals surface area contributed by atoms with Gasteiger partial charge in [0.2, 0.25) is 0 Å². The molecule has 0 saturated carbocycles. The third-order valence-corrected chi connectivity index (χ3v) is 3.02. The molecule has 1 atom stereocenters. The van der Waals surface area contributed by atoms with Crippen LogP contribution in [-0.2, 0) is 11.2 Å². The summed E-state index contributed by atoms with van der Waals surface area (Å²) in [7, 11) is 0. The van der Waals surface area contributed by atoms with Crippen molar-refractivity contribution < 1.29 is 18.7 Å². The zero-order valence-electron chi connectivity index (χ0n) is 9.42. The molecule has 2 aromatic heterocycles. The van der Waals surface area contributed by atoms with Crippen molar-refractivity contribution in [1.82, 2.24) is 0 Å². The average molecular weight is 245 g/mol. The SMILES string of the molecule is NC(Cc1c2ccoc2cc2ccoc12)C(=O)O. The van der Waals surface area contributed by atoms with E-state index in [0.29, 0.717) is 11.2 Å². The Labute approximate surface area is 102 Å². The maximum Gasteiger partial charge on any atom is 0.320 e. The van der Waals surface area contributed by atoms with Crippen LogP contribution in [0.2, 0.25) is 0 Å². The van der Waals surface area contributed by atoms with Crippen LogP contribution < -0.4 is 5.73 Å². The second kappa shape index (κ2) is 3.89. The standard InChI is InChI=1S/C13H11NO4/c14-10(13(15)16)6-9-8-2-4-17-11(8)5-7-1-3-18-12(7)9/h1-5,10H,6,14H2,(H,15,16). The van der Waals surface area contributed by atoms with Gasteiger partial charge in [0.25, 0.3) is 0 Å². The third kappa shape index (κ3) is 1.56. The van der Waals surface area contributed by atoms with Crippen molar-refractivity contribution >= 4 is 27.9 Å². The first-order valence-electron chi connectivity index (χ1n) is 5.51. The lowest BCUT2D eigenvalue weighted by molar-refractivity contribution is -0.138. The highest BCUT2D eigenvalue weighted by molar-refractivity contribution is 5.98. The molecule has 0 spiro atoms. The number of aliphatic carboxylic acids is 1. The maximum absolute atomic E-state index is 10.9. The molecule has 1 aromatic carbocycles. The van der Waals surface area contributed by atoms with Gasteiger partial charge in [-0.1, -0.05) is 0 Å². The summed E-state index contributed by atoms with van der Waals surface area (Å²) in [5.41, 5.74) is 7.74. The van der Waals surface area contributed by atoms with E-state index in [2.05, 4.69) is 0 Å². The molecule has 18 heavy (non-hydrogen) atoms. The minimum Gasteiger partial charge on any atom is -0.480 e. The summed E-state index contributed by atoms with van der Waals surface area (Å²) < 4.78 is 10.8. The summed E-state index contributed by atoms with van der Waals surface area (Å²) in [6, 6.07) is 4.51. The predicted molar refractivity (Wildman–Crippen MR) is 65.3 cm³/mol. The molecule has 0 fully saturated rings. The number of rotatable bonds is 3. The Kier molecular flexibility index (Phi) is 2.34. The molecule has 1 unspecified atom stereocenters. The van der Waals surface area contributed by atoms with Gasteiger partial charge in [-0.3, -0.25) is 4.79 Å². The first-order chi connectivity index (χ1) is 8.66. The van der Waals surface area contributed by atoms with Gasteiger partial charge >= 0.3 is 5.97 Å². The van der Waals surface area contributed by atoms with Gasteiger partial charge in [0.05, 0.1) is 12.5 Å².